The van der Waals surface area contributed by atoms with Gasteiger partial charge in [-0.05, 0) is 12.1 Å². The standard InChI is InChI=1S/C22H12N4O5S/c23-12-16(22-24-20(13-32-22)14-3-1-5-17(9-14)25(27)28)11-19-7-8-21(31-19)15-4-2-6-18(10-15)26(29)30/h1-11,13H/b16-11+. The smallest absolute Gasteiger partial charge is 0.270 e. The third-order valence-electron chi connectivity index (χ3n) is 4.46. The van der Waals surface area contributed by atoms with Gasteiger partial charge in [0.15, 0.2) is 0 Å². The summed E-state index contributed by atoms with van der Waals surface area (Å²) < 4.78 is 5.74. The minimum absolute atomic E-state index is 0.0441. The average molecular weight is 444 g/mol. The predicted molar refractivity (Wildman–Crippen MR) is 118 cm³/mol. The third kappa shape index (κ3) is 4.28. The van der Waals surface area contributed by atoms with Crippen molar-refractivity contribution in [3.05, 3.63) is 97.0 Å². The van der Waals surface area contributed by atoms with Gasteiger partial charge in [0.1, 0.15) is 22.6 Å². The fourth-order valence-corrected chi connectivity index (χ4v) is 3.75. The van der Waals surface area contributed by atoms with Gasteiger partial charge in [0.2, 0.25) is 0 Å². The molecule has 4 aromatic rings. The van der Waals surface area contributed by atoms with Crippen molar-refractivity contribution in [2.24, 2.45) is 0 Å². The summed E-state index contributed by atoms with van der Waals surface area (Å²) in [6.07, 6.45) is 1.52. The van der Waals surface area contributed by atoms with Crippen LogP contribution in [0.25, 0.3) is 34.2 Å². The average Bonchev–Trinajstić information content (AvgIpc) is 3.48. The summed E-state index contributed by atoms with van der Waals surface area (Å²) in [7, 11) is 0. The summed E-state index contributed by atoms with van der Waals surface area (Å²) >= 11 is 1.23. The lowest BCUT2D eigenvalue weighted by Gasteiger charge is -1.97. The number of hydrogen-bond donors (Lipinski definition) is 0. The van der Waals surface area contributed by atoms with Crippen LogP contribution in [-0.2, 0) is 0 Å². The number of non-ortho nitro benzene ring substituents is 2. The van der Waals surface area contributed by atoms with Crippen molar-refractivity contribution in [2.45, 2.75) is 0 Å². The molecule has 0 aliphatic rings. The van der Waals surface area contributed by atoms with Crippen LogP contribution in [0.5, 0.6) is 0 Å². The van der Waals surface area contributed by atoms with Gasteiger partial charge in [0.05, 0.1) is 21.1 Å². The first kappa shape index (κ1) is 20.6. The Labute approximate surface area is 184 Å². The second-order valence-corrected chi connectivity index (χ2v) is 7.38. The molecule has 0 bridgehead atoms. The maximum atomic E-state index is 11.0. The number of hydrogen-bond acceptors (Lipinski definition) is 8. The van der Waals surface area contributed by atoms with Crippen LogP contribution in [0.2, 0.25) is 0 Å². The monoisotopic (exact) mass is 444 g/mol. The lowest BCUT2D eigenvalue weighted by atomic mass is 10.1. The quantitative estimate of drug-likeness (QED) is 0.203. The molecule has 2 aromatic heterocycles. The Bertz CT molecular complexity index is 1410. The van der Waals surface area contributed by atoms with Crippen LogP contribution < -0.4 is 0 Å². The van der Waals surface area contributed by atoms with E-state index in [1.54, 1.807) is 41.8 Å². The Hall–Kier alpha value is -4.62. The number of rotatable bonds is 6. The molecule has 0 fully saturated rings. The van der Waals surface area contributed by atoms with Crippen LogP contribution in [0.4, 0.5) is 11.4 Å². The zero-order valence-corrected chi connectivity index (χ0v) is 17.0. The van der Waals surface area contributed by atoms with Crippen molar-refractivity contribution in [2.75, 3.05) is 0 Å². The van der Waals surface area contributed by atoms with Gasteiger partial charge >= 0.3 is 0 Å². The molecular formula is C22H12N4O5S. The molecule has 0 aliphatic carbocycles. The lowest BCUT2D eigenvalue weighted by Crippen LogP contribution is -1.88. The van der Waals surface area contributed by atoms with Crippen LogP contribution in [-0.4, -0.2) is 14.8 Å². The maximum Gasteiger partial charge on any atom is 0.270 e. The Balaban J connectivity index is 1.62. The number of nitro groups is 2. The molecule has 0 aliphatic heterocycles. The Morgan fingerprint density at radius 3 is 2.31 bits per heavy atom. The molecule has 2 heterocycles. The van der Waals surface area contributed by atoms with Crippen molar-refractivity contribution >= 4 is 34.4 Å². The van der Waals surface area contributed by atoms with Crippen molar-refractivity contribution < 1.29 is 14.3 Å². The molecule has 0 spiro atoms. The predicted octanol–water partition coefficient (Wildman–Crippen LogP) is 5.95. The highest BCUT2D eigenvalue weighted by molar-refractivity contribution is 7.11. The van der Waals surface area contributed by atoms with Crippen LogP contribution in [0.1, 0.15) is 10.8 Å². The number of nitro benzene ring substituents is 2. The van der Waals surface area contributed by atoms with Crippen LogP contribution in [0.15, 0.2) is 70.5 Å². The van der Waals surface area contributed by atoms with E-state index < -0.39 is 9.85 Å². The molecule has 0 atom stereocenters. The second kappa shape index (κ2) is 8.63. The maximum absolute atomic E-state index is 11.0. The fraction of sp³-hybridized carbons (Fsp3) is 0. The molecule has 156 valence electrons. The highest BCUT2D eigenvalue weighted by atomic mass is 32.1. The van der Waals surface area contributed by atoms with Crippen LogP contribution in [0, 0.1) is 31.6 Å². The number of aromatic nitrogens is 1. The second-order valence-electron chi connectivity index (χ2n) is 6.52. The molecule has 0 amide bonds. The number of allylic oxidation sites excluding steroid dienone is 1. The van der Waals surface area contributed by atoms with Gasteiger partial charge in [0.25, 0.3) is 11.4 Å². The normalized spacial score (nSPS) is 11.2. The topological polar surface area (TPSA) is 136 Å². The van der Waals surface area contributed by atoms with E-state index in [0.29, 0.717) is 33.3 Å². The summed E-state index contributed by atoms with van der Waals surface area (Å²) in [6, 6.07) is 17.6. The first-order valence-electron chi connectivity index (χ1n) is 9.12. The number of nitriles is 1. The SMILES string of the molecule is N#C/C(=C\c1ccc(-c2cccc([N+](=O)[O-])c2)o1)c1nc(-c2cccc([N+](=O)[O-])c2)cs1. The molecule has 2 aromatic carbocycles. The zero-order valence-electron chi connectivity index (χ0n) is 16.2. The van der Waals surface area contributed by atoms with E-state index in [-0.39, 0.29) is 16.9 Å². The molecule has 0 unspecified atom stereocenters. The van der Waals surface area contributed by atoms with Crippen LogP contribution in [0.3, 0.4) is 0 Å². The van der Waals surface area contributed by atoms with Gasteiger partial charge < -0.3 is 4.42 Å². The van der Waals surface area contributed by atoms with E-state index in [2.05, 4.69) is 11.1 Å². The van der Waals surface area contributed by atoms with Crippen LogP contribution >= 0.6 is 11.3 Å². The molecule has 32 heavy (non-hydrogen) atoms. The molecule has 4 rings (SSSR count). The van der Waals surface area contributed by atoms with Gasteiger partial charge in [-0.3, -0.25) is 20.2 Å². The zero-order chi connectivity index (χ0) is 22.7. The summed E-state index contributed by atoms with van der Waals surface area (Å²) in [5, 5.41) is 33.7. The first-order valence-corrected chi connectivity index (χ1v) is 10.00. The highest BCUT2D eigenvalue weighted by Gasteiger charge is 2.14. The van der Waals surface area contributed by atoms with Crippen molar-refractivity contribution in [1.29, 1.82) is 5.26 Å². The summed E-state index contributed by atoms with van der Waals surface area (Å²) in [5.41, 5.74) is 1.80. The Morgan fingerprint density at radius 1 is 1.00 bits per heavy atom. The van der Waals surface area contributed by atoms with E-state index in [1.807, 2.05) is 0 Å². The van der Waals surface area contributed by atoms with Gasteiger partial charge in [-0.1, -0.05) is 24.3 Å². The molecule has 0 saturated heterocycles. The molecule has 0 radical (unpaired) electrons. The number of furan rings is 1. The van der Waals surface area contributed by atoms with Gasteiger partial charge in [-0.25, -0.2) is 4.98 Å². The molecule has 0 saturated carbocycles. The van der Waals surface area contributed by atoms with E-state index in [4.69, 9.17) is 4.42 Å². The molecule has 10 heteroatoms. The Kier molecular flexibility index (Phi) is 5.57. The van der Waals surface area contributed by atoms with Gasteiger partial charge in [-0.2, -0.15) is 5.26 Å². The Morgan fingerprint density at radius 2 is 1.66 bits per heavy atom. The van der Waals surface area contributed by atoms with Crippen molar-refractivity contribution in [3.8, 4) is 28.7 Å². The largest absolute Gasteiger partial charge is 0.457 e. The third-order valence-corrected chi connectivity index (χ3v) is 5.34. The van der Waals surface area contributed by atoms with E-state index in [9.17, 15) is 25.5 Å². The summed E-state index contributed by atoms with van der Waals surface area (Å²) in [5.74, 6) is 0.809. The van der Waals surface area contributed by atoms with Crippen molar-refractivity contribution in [3.63, 3.8) is 0 Å². The first-order chi connectivity index (χ1) is 15.4. The van der Waals surface area contributed by atoms with E-state index in [1.165, 1.54) is 41.7 Å². The van der Waals surface area contributed by atoms with Crippen molar-refractivity contribution in [1.82, 2.24) is 4.98 Å². The van der Waals surface area contributed by atoms with E-state index in [0.717, 1.165) is 0 Å². The van der Waals surface area contributed by atoms with Gasteiger partial charge in [0, 0.05) is 46.8 Å². The van der Waals surface area contributed by atoms with E-state index >= 15 is 0 Å². The minimum Gasteiger partial charge on any atom is -0.457 e. The number of nitrogens with zero attached hydrogens (tertiary/aromatic N) is 4. The highest BCUT2D eigenvalue weighted by Crippen LogP contribution is 2.31. The summed E-state index contributed by atoms with van der Waals surface area (Å²) in [4.78, 5) is 25.4. The number of thiazole rings is 1. The van der Waals surface area contributed by atoms with Gasteiger partial charge in [-0.15, -0.1) is 11.3 Å². The summed E-state index contributed by atoms with van der Waals surface area (Å²) in [6.45, 7) is 0. The lowest BCUT2D eigenvalue weighted by molar-refractivity contribution is -0.385. The molecular weight excluding hydrogens is 432 g/mol. The molecule has 9 nitrogen and oxygen atoms in total. The number of benzene rings is 2. The fourth-order valence-electron chi connectivity index (χ4n) is 2.95. The minimum atomic E-state index is -0.484. The molecule has 0 N–H and O–H groups in total.